The number of imide groups is 1. The lowest BCUT2D eigenvalue weighted by Crippen LogP contribution is -2.52. The van der Waals surface area contributed by atoms with Gasteiger partial charge in [0.15, 0.2) is 5.13 Å². The quantitative estimate of drug-likeness (QED) is 0.139. The van der Waals surface area contributed by atoms with Gasteiger partial charge in [0.2, 0.25) is 17.7 Å². The van der Waals surface area contributed by atoms with Crippen LogP contribution in [-0.4, -0.2) is 86.5 Å². The highest BCUT2D eigenvalue weighted by Gasteiger charge is 2.39. The van der Waals surface area contributed by atoms with E-state index in [4.69, 9.17) is 11.6 Å². The summed E-state index contributed by atoms with van der Waals surface area (Å²) in [6.45, 7) is 6.44. The molecule has 0 saturated carbocycles. The number of amides is 5. The lowest BCUT2D eigenvalue weighted by Gasteiger charge is -2.35. The number of carbonyl (C=O) groups is 5. The molecule has 0 aliphatic carbocycles. The number of thiazole rings is 1. The number of nitrogens with one attached hydrogen (secondary N) is 3. The molecule has 2 aromatic heterocycles. The Hall–Kier alpha value is -5.41. The van der Waals surface area contributed by atoms with Gasteiger partial charge in [-0.25, -0.2) is 15.0 Å². The lowest BCUT2D eigenvalue weighted by atomic mass is 9.98. The summed E-state index contributed by atoms with van der Waals surface area (Å²) < 4.78 is 0. The number of piperidine rings is 1. The molecule has 0 radical (unpaired) electrons. The molecular weight excluding hydrogens is 730 g/mol. The van der Waals surface area contributed by atoms with E-state index in [0.717, 1.165) is 35.3 Å². The molecule has 5 heterocycles. The fourth-order valence-corrected chi connectivity index (χ4v) is 8.10. The van der Waals surface area contributed by atoms with E-state index in [1.807, 2.05) is 49.1 Å². The number of aromatic nitrogens is 3. The molecular formula is C38H40ClN9O5S. The van der Waals surface area contributed by atoms with Crippen LogP contribution in [0.5, 0.6) is 0 Å². The van der Waals surface area contributed by atoms with E-state index in [1.165, 1.54) is 17.5 Å². The third-order valence-electron chi connectivity index (χ3n) is 9.97. The van der Waals surface area contributed by atoms with Crippen LogP contribution in [0.1, 0.15) is 74.6 Å². The largest absolute Gasteiger partial charge is 0.353 e. The van der Waals surface area contributed by atoms with Crippen LogP contribution < -0.4 is 20.9 Å². The first-order valence-corrected chi connectivity index (χ1v) is 19.2. The Morgan fingerprint density at radius 1 is 1.02 bits per heavy atom. The molecule has 3 aliphatic heterocycles. The highest BCUT2D eigenvalue weighted by molar-refractivity contribution is 7.17. The first-order valence-electron chi connectivity index (χ1n) is 18.0. The van der Waals surface area contributed by atoms with Crippen molar-refractivity contribution in [2.75, 3.05) is 41.7 Å². The standard InChI is InChI=1S/C38H40ClN9O5S/c1-22-7-5-11-27(39)34(22)45-36(52)29-20-40-38(54-29)43-30-19-31(42-23(2)41-30)46-15-17-47(18-16-46)33(50)12-4-3-8-24-9-6-10-25-26(24)21-48(37(25)53)28-13-14-32(49)44-35(28)51/h5-7,9-11,19-20,28H,3-4,8,12-18,21H2,1-2H3,(H,45,52)(H,44,49,51)(H,40,41,42,43). The van der Waals surface area contributed by atoms with Crippen molar-refractivity contribution < 1.29 is 24.0 Å². The predicted molar refractivity (Wildman–Crippen MR) is 205 cm³/mol. The van der Waals surface area contributed by atoms with Gasteiger partial charge in [-0.05, 0) is 68.4 Å². The summed E-state index contributed by atoms with van der Waals surface area (Å²) in [5.74, 6) is 0.774. The van der Waals surface area contributed by atoms with Gasteiger partial charge in [0, 0.05) is 57.2 Å². The van der Waals surface area contributed by atoms with Crippen molar-refractivity contribution in [3.8, 4) is 0 Å². The van der Waals surface area contributed by atoms with Gasteiger partial charge in [-0.15, -0.1) is 0 Å². The van der Waals surface area contributed by atoms with Gasteiger partial charge < -0.3 is 25.3 Å². The number of hydrogen-bond donors (Lipinski definition) is 3. The summed E-state index contributed by atoms with van der Waals surface area (Å²) in [5, 5.41) is 9.39. The lowest BCUT2D eigenvalue weighted by molar-refractivity contribution is -0.137. The molecule has 1 unspecified atom stereocenters. The molecule has 3 aliphatic rings. The molecule has 16 heteroatoms. The molecule has 280 valence electrons. The molecule has 0 bridgehead atoms. The molecule has 7 rings (SSSR count). The number of anilines is 4. The van der Waals surface area contributed by atoms with Crippen LogP contribution in [0.25, 0.3) is 0 Å². The summed E-state index contributed by atoms with van der Waals surface area (Å²) in [6, 6.07) is 12.3. The number of nitrogens with zero attached hydrogens (tertiary/aromatic N) is 6. The Bertz CT molecular complexity index is 2110. The third kappa shape index (κ3) is 8.06. The van der Waals surface area contributed by atoms with Crippen LogP contribution >= 0.6 is 22.9 Å². The monoisotopic (exact) mass is 769 g/mol. The SMILES string of the molecule is Cc1nc(Nc2ncc(C(=O)Nc3c(C)cccc3Cl)s2)cc(N2CCN(C(=O)CCCCc3cccc4c3CN(C3CCC(=O)NC3=O)C4=O)CC2)n1. The minimum Gasteiger partial charge on any atom is -0.353 e. The maximum absolute atomic E-state index is 13.2. The fraction of sp³-hybridized carbons (Fsp3) is 0.368. The Balaban J connectivity index is 0.876. The summed E-state index contributed by atoms with van der Waals surface area (Å²) in [4.78, 5) is 82.8. The zero-order chi connectivity index (χ0) is 37.9. The topological polar surface area (TPSA) is 170 Å². The summed E-state index contributed by atoms with van der Waals surface area (Å²) in [6.07, 6.45) is 4.72. The number of carbonyl (C=O) groups excluding carboxylic acids is 5. The molecule has 2 aromatic carbocycles. The van der Waals surface area contributed by atoms with E-state index < -0.39 is 11.9 Å². The number of piperazine rings is 1. The Kier molecular flexibility index (Phi) is 10.9. The van der Waals surface area contributed by atoms with E-state index in [2.05, 4.69) is 35.8 Å². The highest BCUT2D eigenvalue weighted by Crippen LogP contribution is 2.31. The Labute approximate surface area is 321 Å². The van der Waals surface area contributed by atoms with Gasteiger partial charge in [0.05, 0.1) is 16.9 Å². The van der Waals surface area contributed by atoms with Gasteiger partial charge in [0.25, 0.3) is 11.8 Å². The number of para-hydroxylation sites is 1. The first kappa shape index (κ1) is 36.9. The first-order chi connectivity index (χ1) is 26.0. The van der Waals surface area contributed by atoms with E-state index in [9.17, 15) is 24.0 Å². The summed E-state index contributed by atoms with van der Waals surface area (Å²) in [7, 11) is 0. The minimum atomic E-state index is -0.644. The minimum absolute atomic E-state index is 0.113. The van der Waals surface area contributed by atoms with Crippen molar-refractivity contribution >= 4 is 74.9 Å². The van der Waals surface area contributed by atoms with Crippen molar-refractivity contribution in [2.24, 2.45) is 0 Å². The highest BCUT2D eigenvalue weighted by atomic mass is 35.5. The normalized spacial score (nSPS) is 17.1. The van der Waals surface area contributed by atoms with Crippen molar-refractivity contribution in [1.29, 1.82) is 0 Å². The number of benzene rings is 2. The zero-order valence-electron chi connectivity index (χ0n) is 30.0. The van der Waals surface area contributed by atoms with E-state index in [1.54, 1.807) is 17.0 Å². The van der Waals surface area contributed by atoms with Crippen molar-refractivity contribution in [2.45, 2.75) is 65.0 Å². The van der Waals surface area contributed by atoms with Gasteiger partial charge in [-0.2, -0.15) is 0 Å². The van der Waals surface area contributed by atoms with Crippen molar-refractivity contribution in [1.82, 2.24) is 30.1 Å². The zero-order valence-corrected chi connectivity index (χ0v) is 31.6. The van der Waals surface area contributed by atoms with Crippen LogP contribution in [-0.2, 0) is 27.3 Å². The average Bonchev–Trinajstić information content (AvgIpc) is 3.76. The van der Waals surface area contributed by atoms with Crippen molar-refractivity contribution in [3.63, 3.8) is 0 Å². The van der Waals surface area contributed by atoms with Crippen LogP contribution in [0.4, 0.5) is 22.5 Å². The predicted octanol–water partition coefficient (Wildman–Crippen LogP) is 5.02. The van der Waals surface area contributed by atoms with Gasteiger partial charge >= 0.3 is 0 Å². The van der Waals surface area contributed by atoms with Crippen LogP contribution in [0, 0.1) is 13.8 Å². The number of unbranched alkanes of at least 4 members (excludes halogenated alkanes) is 1. The molecule has 4 aromatic rings. The van der Waals surface area contributed by atoms with E-state index in [-0.39, 0.29) is 30.0 Å². The number of rotatable bonds is 11. The molecule has 2 fully saturated rings. The average molecular weight is 770 g/mol. The molecule has 3 N–H and O–H groups in total. The van der Waals surface area contributed by atoms with E-state index in [0.29, 0.717) is 89.9 Å². The smallest absolute Gasteiger partial charge is 0.267 e. The number of hydrogen-bond acceptors (Lipinski definition) is 11. The second-order valence-corrected chi connectivity index (χ2v) is 15.1. The molecule has 54 heavy (non-hydrogen) atoms. The number of aryl methyl sites for hydroxylation is 3. The van der Waals surface area contributed by atoms with Gasteiger partial charge in [0.1, 0.15) is 28.4 Å². The molecule has 1 atom stereocenters. The van der Waals surface area contributed by atoms with Gasteiger partial charge in [-0.3, -0.25) is 29.3 Å². The van der Waals surface area contributed by atoms with Crippen LogP contribution in [0.2, 0.25) is 5.02 Å². The summed E-state index contributed by atoms with van der Waals surface area (Å²) >= 11 is 7.48. The number of halogens is 1. The third-order valence-corrected chi connectivity index (χ3v) is 11.2. The van der Waals surface area contributed by atoms with Crippen LogP contribution in [0.3, 0.4) is 0 Å². The van der Waals surface area contributed by atoms with E-state index >= 15 is 0 Å². The fourth-order valence-electron chi connectivity index (χ4n) is 7.11. The summed E-state index contributed by atoms with van der Waals surface area (Å²) in [5.41, 5.74) is 4.01. The molecule has 2 saturated heterocycles. The number of fused-ring (bicyclic) bond motifs is 1. The maximum Gasteiger partial charge on any atom is 0.267 e. The second kappa shape index (κ2) is 15.9. The molecule has 14 nitrogen and oxygen atoms in total. The van der Waals surface area contributed by atoms with Gasteiger partial charge in [-0.1, -0.05) is 47.2 Å². The second-order valence-electron chi connectivity index (χ2n) is 13.6. The Morgan fingerprint density at radius 3 is 2.59 bits per heavy atom. The maximum atomic E-state index is 13.2. The van der Waals surface area contributed by atoms with Crippen molar-refractivity contribution in [3.05, 3.63) is 86.6 Å². The molecule has 5 amide bonds. The Morgan fingerprint density at radius 2 is 1.81 bits per heavy atom. The van der Waals surface area contributed by atoms with Crippen LogP contribution in [0.15, 0.2) is 48.7 Å². The molecule has 0 spiro atoms.